The summed E-state index contributed by atoms with van der Waals surface area (Å²) in [5, 5.41) is 13.9. The molecule has 112 valence electrons. The van der Waals surface area contributed by atoms with E-state index in [-0.39, 0.29) is 23.5 Å². The molecule has 0 aromatic heterocycles. The molecule has 0 bridgehead atoms. The van der Waals surface area contributed by atoms with E-state index in [1.807, 2.05) is 13.8 Å². The summed E-state index contributed by atoms with van der Waals surface area (Å²) in [6, 6.07) is 6.40. The van der Waals surface area contributed by atoms with Gasteiger partial charge in [0.2, 0.25) is 0 Å². The van der Waals surface area contributed by atoms with Gasteiger partial charge in [0.1, 0.15) is 9.84 Å². The van der Waals surface area contributed by atoms with E-state index in [4.69, 9.17) is 0 Å². The van der Waals surface area contributed by atoms with Crippen LogP contribution in [0.15, 0.2) is 24.3 Å². The Morgan fingerprint density at radius 1 is 1.25 bits per heavy atom. The van der Waals surface area contributed by atoms with Gasteiger partial charge in [-0.2, -0.15) is 0 Å². The Hall–Kier alpha value is -1.47. The lowest BCUT2D eigenvalue weighted by molar-refractivity contribution is -0.384. The summed E-state index contributed by atoms with van der Waals surface area (Å²) in [6.07, 6.45) is 1.76. The first-order valence-electron chi connectivity index (χ1n) is 6.37. The molecule has 0 unspecified atom stereocenters. The Balaban J connectivity index is 2.57. The van der Waals surface area contributed by atoms with Crippen LogP contribution in [0.3, 0.4) is 0 Å². The standard InChI is InChI=1S/C13H20N2O4S/c1-10(8-9-20(3,18)19)14-11(2)12-4-6-13(7-5-12)15(16)17/h4-7,10-11,14H,8-9H2,1-3H3/t10-,11-/m1/s1. The summed E-state index contributed by atoms with van der Waals surface area (Å²) in [5.74, 6) is 0.147. The molecule has 0 fully saturated rings. The summed E-state index contributed by atoms with van der Waals surface area (Å²) in [4.78, 5) is 10.1. The maximum Gasteiger partial charge on any atom is 0.269 e. The van der Waals surface area contributed by atoms with Gasteiger partial charge in [0, 0.05) is 30.5 Å². The second kappa shape index (κ2) is 6.81. The van der Waals surface area contributed by atoms with Crippen molar-refractivity contribution in [1.29, 1.82) is 0 Å². The third kappa shape index (κ3) is 5.66. The fourth-order valence-electron chi connectivity index (χ4n) is 1.88. The van der Waals surface area contributed by atoms with Gasteiger partial charge in [-0.1, -0.05) is 12.1 Å². The SMILES string of the molecule is C[C@H](CCS(C)(=O)=O)N[C@H](C)c1ccc([N+](=O)[O-])cc1. The minimum atomic E-state index is -2.95. The average molecular weight is 300 g/mol. The highest BCUT2D eigenvalue weighted by Gasteiger charge is 2.13. The van der Waals surface area contributed by atoms with Crippen molar-refractivity contribution >= 4 is 15.5 Å². The number of hydrogen-bond acceptors (Lipinski definition) is 5. The summed E-state index contributed by atoms with van der Waals surface area (Å²) < 4.78 is 22.2. The molecular weight excluding hydrogens is 280 g/mol. The Labute approximate surface area is 119 Å². The first kappa shape index (κ1) is 16.6. The summed E-state index contributed by atoms with van der Waals surface area (Å²) in [7, 11) is -2.95. The zero-order valence-electron chi connectivity index (χ0n) is 11.9. The Bertz CT molecular complexity index is 554. The Morgan fingerprint density at radius 3 is 2.25 bits per heavy atom. The topological polar surface area (TPSA) is 89.3 Å². The third-order valence-electron chi connectivity index (χ3n) is 3.06. The molecule has 20 heavy (non-hydrogen) atoms. The molecule has 0 heterocycles. The van der Waals surface area contributed by atoms with E-state index < -0.39 is 14.8 Å². The molecule has 1 aromatic carbocycles. The highest BCUT2D eigenvalue weighted by Crippen LogP contribution is 2.18. The molecule has 0 saturated heterocycles. The van der Waals surface area contributed by atoms with Gasteiger partial charge in [-0.25, -0.2) is 8.42 Å². The van der Waals surface area contributed by atoms with Gasteiger partial charge in [0.25, 0.3) is 5.69 Å². The van der Waals surface area contributed by atoms with Crippen molar-refractivity contribution in [2.75, 3.05) is 12.0 Å². The molecular formula is C13H20N2O4S. The van der Waals surface area contributed by atoms with Gasteiger partial charge in [-0.15, -0.1) is 0 Å². The third-order valence-corrected chi connectivity index (χ3v) is 4.04. The van der Waals surface area contributed by atoms with Crippen LogP contribution in [0.2, 0.25) is 0 Å². The Morgan fingerprint density at radius 2 is 1.80 bits per heavy atom. The van der Waals surface area contributed by atoms with E-state index in [9.17, 15) is 18.5 Å². The lowest BCUT2D eigenvalue weighted by Crippen LogP contribution is -2.30. The molecule has 0 amide bonds. The van der Waals surface area contributed by atoms with Crippen LogP contribution in [0, 0.1) is 10.1 Å². The normalized spacial score (nSPS) is 14.8. The number of nitrogens with zero attached hydrogens (tertiary/aromatic N) is 1. The molecule has 2 atom stereocenters. The molecule has 0 saturated carbocycles. The summed E-state index contributed by atoms with van der Waals surface area (Å²) >= 11 is 0. The number of sulfone groups is 1. The quantitative estimate of drug-likeness (QED) is 0.615. The zero-order valence-corrected chi connectivity index (χ0v) is 12.7. The van der Waals surface area contributed by atoms with Gasteiger partial charge in [-0.3, -0.25) is 10.1 Å². The number of benzene rings is 1. The smallest absolute Gasteiger partial charge is 0.269 e. The molecule has 1 aromatic rings. The molecule has 0 aliphatic rings. The van der Waals surface area contributed by atoms with Gasteiger partial charge in [0.05, 0.1) is 10.7 Å². The highest BCUT2D eigenvalue weighted by atomic mass is 32.2. The van der Waals surface area contributed by atoms with Crippen molar-refractivity contribution in [3.63, 3.8) is 0 Å². The second-order valence-corrected chi connectivity index (χ2v) is 7.32. The number of non-ortho nitro benzene ring substituents is 1. The van der Waals surface area contributed by atoms with Gasteiger partial charge in [-0.05, 0) is 25.8 Å². The van der Waals surface area contributed by atoms with Crippen molar-refractivity contribution in [2.45, 2.75) is 32.4 Å². The predicted octanol–water partition coefficient (Wildman–Crippen LogP) is 2.07. The van der Waals surface area contributed by atoms with E-state index in [0.717, 1.165) is 5.56 Å². The van der Waals surface area contributed by atoms with Gasteiger partial charge >= 0.3 is 0 Å². The molecule has 0 spiro atoms. The lowest BCUT2D eigenvalue weighted by Gasteiger charge is -2.20. The van der Waals surface area contributed by atoms with Crippen LogP contribution in [0.4, 0.5) is 5.69 Å². The van der Waals surface area contributed by atoms with Gasteiger partial charge in [0.15, 0.2) is 0 Å². The Kier molecular flexibility index (Phi) is 5.64. The van der Waals surface area contributed by atoms with Crippen LogP contribution < -0.4 is 5.32 Å². The van der Waals surface area contributed by atoms with Crippen LogP contribution in [-0.4, -0.2) is 31.4 Å². The highest BCUT2D eigenvalue weighted by molar-refractivity contribution is 7.90. The van der Waals surface area contributed by atoms with Crippen molar-refractivity contribution in [3.8, 4) is 0 Å². The van der Waals surface area contributed by atoms with Crippen LogP contribution in [-0.2, 0) is 9.84 Å². The zero-order chi connectivity index (χ0) is 15.3. The molecule has 0 aliphatic heterocycles. The average Bonchev–Trinajstić information content (AvgIpc) is 2.35. The van der Waals surface area contributed by atoms with E-state index in [1.54, 1.807) is 12.1 Å². The maximum atomic E-state index is 11.1. The van der Waals surface area contributed by atoms with Crippen molar-refractivity contribution in [3.05, 3.63) is 39.9 Å². The van der Waals surface area contributed by atoms with Crippen LogP contribution in [0.1, 0.15) is 31.9 Å². The molecule has 0 radical (unpaired) electrons. The first-order valence-corrected chi connectivity index (χ1v) is 8.43. The minimum absolute atomic E-state index is 0.00497. The molecule has 1 rings (SSSR count). The summed E-state index contributed by atoms with van der Waals surface area (Å²) in [5.41, 5.74) is 0.993. The predicted molar refractivity (Wildman–Crippen MR) is 78.4 cm³/mol. The fourth-order valence-corrected chi connectivity index (χ4v) is 2.66. The largest absolute Gasteiger partial charge is 0.308 e. The fraction of sp³-hybridized carbons (Fsp3) is 0.538. The number of nitrogens with one attached hydrogen (secondary N) is 1. The van der Waals surface area contributed by atoms with E-state index in [1.165, 1.54) is 18.4 Å². The van der Waals surface area contributed by atoms with Crippen molar-refractivity contribution < 1.29 is 13.3 Å². The van der Waals surface area contributed by atoms with E-state index in [0.29, 0.717) is 6.42 Å². The molecule has 7 heteroatoms. The summed E-state index contributed by atoms with van der Waals surface area (Å²) in [6.45, 7) is 3.87. The monoisotopic (exact) mass is 300 g/mol. The lowest BCUT2D eigenvalue weighted by atomic mass is 10.1. The molecule has 6 nitrogen and oxygen atoms in total. The number of hydrogen-bond donors (Lipinski definition) is 1. The number of nitro groups is 1. The van der Waals surface area contributed by atoms with Crippen LogP contribution in [0.25, 0.3) is 0 Å². The van der Waals surface area contributed by atoms with Crippen LogP contribution in [0.5, 0.6) is 0 Å². The van der Waals surface area contributed by atoms with E-state index >= 15 is 0 Å². The minimum Gasteiger partial charge on any atom is -0.308 e. The number of nitro benzene ring substituents is 1. The molecule has 0 aliphatic carbocycles. The van der Waals surface area contributed by atoms with Gasteiger partial charge < -0.3 is 5.32 Å². The number of rotatable bonds is 7. The maximum absolute atomic E-state index is 11.1. The first-order chi connectivity index (χ1) is 9.19. The van der Waals surface area contributed by atoms with Crippen molar-refractivity contribution in [2.24, 2.45) is 0 Å². The van der Waals surface area contributed by atoms with Crippen LogP contribution >= 0.6 is 0 Å². The van der Waals surface area contributed by atoms with E-state index in [2.05, 4.69) is 5.32 Å². The van der Waals surface area contributed by atoms with Crippen molar-refractivity contribution in [1.82, 2.24) is 5.32 Å². The molecule has 1 N–H and O–H groups in total. The second-order valence-electron chi connectivity index (χ2n) is 5.06.